The van der Waals surface area contributed by atoms with Gasteiger partial charge in [0.25, 0.3) is 0 Å². The van der Waals surface area contributed by atoms with E-state index in [9.17, 15) is 0 Å². The molecule has 0 aromatic heterocycles. The maximum atomic E-state index is 5.54. The monoisotopic (exact) mass is 276 g/mol. The van der Waals surface area contributed by atoms with Crippen LogP contribution in [0.3, 0.4) is 0 Å². The van der Waals surface area contributed by atoms with Gasteiger partial charge in [0, 0.05) is 34.2 Å². The van der Waals surface area contributed by atoms with Crippen LogP contribution < -0.4 is 0 Å². The van der Waals surface area contributed by atoms with E-state index in [1.165, 1.54) is 25.9 Å². The predicted octanol–water partition coefficient (Wildman–Crippen LogP) is 2.27. The summed E-state index contributed by atoms with van der Waals surface area (Å²) in [5.41, 5.74) is 0.284. The van der Waals surface area contributed by atoms with Crippen LogP contribution in [0.25, 0.3) is 0 Å². The van der Waals surface area contributed by atoms with Crippen LogP contribution in [0.15, 0.2) is 0 Å². The van der Waals surface area contributed by atoms with Gasteiger partial charge in [0.05, 0.1) is 31.2 Å². The normalized spacial score (nSPS) is 20.3. The fraction of sp³-hybridized carbons (Fsp3) is 1.00. The molecule has 0 aliphatic carbocycles. The summed E-state index contributed by atoms with van der Waals surface area (Å²) in [6.07, 6.45) is 2.66. The summed E-state index contributed by atoms with van der Waals surface area (Å²) >= 11 is 0. The predicted molar refractivity (Wildman–Crippen MR) is 75.4 cm³/mol. The number of hydrogen-bond acceptors (Lipinski definition) is 3. The van der Waals surface area contributed by atoms with Crippen LogP contribution in [0.1, 0.15) is 33.6 Å². The van der Waals surface area contributed by atoms with Gasteiger partial charge in [0.15, 0.2) is 0 Å². The van der Waals surface area contributed by atoms with E-state index in [4.69, 9.17) is 13.3 Å². The van der Waals surface area contributed by atoms with E-state index in [1.807, 2.05) is 0 Å². The SMILES string of the molecule is CO[Si](CC[N+]1(C(C)(C)C)CCCC1)(OC)OC. The molecule has 1 saturated heterocycles. The highest BCUT2D eigenvalue weighted by Crippen LogP contribution is 2.33. The molecular weight excluding hydrogens is 246 g/mol. The molecule has 0 N–H and O–H groups in total. The molecule has 0 atom stereocenters. The second-order valence-electron chi connectivity index (χ2n) is 6.24. The molecule has 5 heteroatoms. The van der Waals surface area contributed by atoms with Gasteiger partial charge >= 0.3 is 8.80 Å². The van der Waals surface area contributed by atoms with Crippen LogP contribution in [0.5, 0.6) is 0 Å². The quantitative estimate of drug-likeness (QED) is 0.550. The fourth-order valence-electron chi connectivity index (χ4n) is 3.08. The lowest BCUT2D eigenvalue weighted by Crippen LogP contribution is -2.60. The van der Waals surface area contributed by atoms with Crippen LogP contribution in [0.2, 0.25) is 6.04 Å². The Bertz CT molecular complexity index is 247. The number of nitrogens with zero attached hydrogens (tertiary/aromatic N) is 1. The maximum Gasteiger partial charge on any atom is 0.505 e. The molecular formula is C13H30NO3Si+. The van der Waals surface area contributed by atoms with E-state index in [-0.39, 0.29) is 5.54 Å². The summed E-state index contributed by atoms with van der Waals surface area (Å²) in [5, 5.41) is 0. The van der Waals surface area contributed by atoms with Crippen molar-refractivity contribution >= 4 is 8.80 Å². The summed E-state index contributed by atoms with van der Waals surface area (Å²) in [6.45, 7) is 10.7. The Morgan fingerprint density at radius 1 is 0.944 bits per heavy atom. The van der Waals surface area contributed by atoms with Crippen molar-refractivity contribution < 1.29 is 17.8 Å². The molecule has 0 aromatic rings. The Morgan fingerprint density at radius 2 is 1.39 bits per heavy atom. The highest BCUT2D eigenvalue weighted by atomic mass is 28.4. The van der Waals surface area contributed by atoms with E-state index in [2.05, 4.69) is 20.8 Å². The zero-order valence-electron chi connectivity index (χ0n) is 12.9. The average Bonchev–Trinajstić information content (AvgIpc) is 2.81. The highest BCUT2D eigenvalue weighted by molar-refractivity contribution is 6.60. The molecule has 0 radical (unpaired) electrons. The van der Waals surface area contributed by atoms with Gasteiger partial charge in [-0.1, -0.05) is 0 Å². The number of hydrogen-bond donors (Lipinski definition) is 0. The lowest BCUT2D eigenvalue weighted by atomic mass is 10.0. The molecule has 0 bridgehead atoms. The van der Waals surface area contributed by atoms with Crippen LogP contribution in [0.4, 0.5) is 0 Å². The lowest BCUT2D eigenvalue weighted by Gasteiger charge is -2.46. The highest BCUT2D eigenvalue weighted by Gasteiger charge is 2.47. The average molecular weight is 276 g/mol. The van der Waals surface area contributed by atoms with Gasteiger partial charge in [-0.25, -0.2) is 0 Å². The van der Waals surface area contributed by atoms with E-state index in [1.54, 1.807) is 21.3 Å². The minimum absolute atomic E-state index is 0.284. The minimum atomic E-state index is -2.43. The molecule has 0 aromatic carbocycles. The fourth-order valence-corrected chi connectivity index (χ4v) is 4.89. The van der Waals surface area contributed by atoms with E-state index in [0.29, 0.717) is 0 Å². The molecule has 108 valence electrons. The molecule has 1 fully saturated rings. The van der Waals surface area contributed by atoms with Crippen molar-refractivity contribution in [1.82, 2.24) is 0 Å². The molecule has 18 heavy (non-hydrogen) atoms. The van der Waals surface area contributed by atoms with Gasteiger partial charge in [0.1, 0.15) is 0 Å². The summed E-state index contributed by atoms with van der Waals surface area (Å²) in [7, 11) is 2.67. The first kappa shape index (κ1) is 16.1. The van der Waals surface area contributed by atoms with E-state index >= 15 is 0 Å². The third-order valence-electron chi connectivity index (χ3n) is 4.62. The Labute approximate surface area is 113 Å². The van der Waals surface area contributed by atoms with Crippen LogP contribution >= 0.6 is 0 Å². The molecule has 1 rings (SSSR count). The topological polar surface area (TPSA) is 27.7 Å². The molecule has 1 aliphatic heterocycles. The zero-order chi connectivity index (χ0) is 13.9. The van der Waals surface area contributed by atoms with Gasteiger partial charge in [-0.05, 0) is 20.8 Å². The van der Waals surface area contributed by atoms with Crippen LogP contribution in [0, 0.1) is 0 Å². The Balaban J connectivity index is 2.74. The first-order valence-corrected chi connectivity index (χ1v) is 8.79. The van der Waals surface area contributed by atoms with Crippen molar-refractivity contribution in [1.29, 1.82) is 0 Å². The summed E-state index contributed by atoms with van der Waals surface area (Å²) in [6, 6.07) is 0.897. The minimum Gasteiger partial charge on any atom is -0.377 e. The Morgan fingerprint density at radius 3 is 1.72 bits per heavy atom. The molecule has 0 spiro atoms. The second kappa shape index (κ2) is 6.01. The van der Waals surface area contributed by atoms with Gasteiger partial charge in [0.2, 0.25) is 0 Å². The first-order chi connectivity index (χ1) is 8.35. The number of rotatable bonds is 6. The van der Waals surface area contributed by atoms with Gasteiger partial charge in [-0.2, -0.15) is 0 Å². The molecule has 1 heterocycles. The Kier molecular flexibility index (Phi) is 5.38. The third-order valence-corrected chi connectivity index (χ3v) is 7.33. The molecule has 0 amide bonds. The van der Waals surface area contributed by atoms with Crippen LogP contribution in [-0.2, 0) is 13.3 Å². The summed E-state index contributed by atoms with van der Waals surface area (Å²) in [4.78, 5) is 0. The standard InChI is InChI=1S/C13H30NO3Si/c1-13(2,3)14(9-7-8-10-14)11-12-18(15-4,16-5)17-6/h7-12H2,1-6H3/q+1. The van der Waals surface area contributed by atoms with Gasteiger partial charge < -0.3 is 17.8 Å². The maximum absolute atomic E-state index is 5.54. The van der Waals surface area contributed by atoms with Crippen molar-refractivity contribution in [3.8, 4) is 0 Å². The van der Waals surface area contributed by atoms with Crippen molar-refractivity contribution in [2.75, 3.05) is 41.0 Å². The van der Waals surface area contributed by atoms with Crippen LogP contribution in [-0.4, -0.2) is 59.8 Å². The van der Waals surface area contributed by atoms with Gasteiger partial charge in [-0.3, -0.25) is 0 Å². The second-order valence-corrected chi connectivity index (χ2v) is 9.33. The molecule has 0 saturated carbocycles. The largest absolute Gasteiger partial charge is 0.505 e. The van der Waals surface area contributed by atoms with E-state index in [0.717, 1.165) is 17.1 Å². The smallest absolute Gasteiger partial charge is 0.377 e. The van der Waals surface area contributed by atoms with E-state index < -0.39 is 8.80 Å². The van der Waals surface area contributed by atoms with Crippen molar-refractivity contribution in [2.45, 2.75) is 45.2 Å². The van der Waals surface area contributed by atoms with Gasteiger partial charge in [-0.15, -0.1) is 0 Å². The lowest BCUT2D eigenvalue weighted by molar-refractivity contribution is -0.958. The molecule has 4 nitrogen and oxygen atoms in total. The van der Waals surface area contributed by atoms with Crippen molar-refractivity contribution in [3.05, 3.63) is 0 Å². The molecule has 0 unspecified atom stereocenters. The number of quaternary nitrogens is 1. The zero-order valence-corrected chi connectivity index (χ0v) is 13.9. The summed E-state index contributed by atoms with van der Waals surface area (Å²) in [5.74, 6) is 0. The number of likely N-dealkylation sites (tertiary alicyclic amines) is 1. The molecule has 1 aliphatic rings. The summed E-state index contributed by atoms with van der Waals surface area (Å²) < 4.78 is 17.8. The Hall–Kier alpha value is 0.0569. The van der Waals surface area contributed by atoms with Crippen molar-refractivity contribution in [2.24, 2.45) is 0 Å². The van der Waals surface area contributed by atoms with Crippen molar-refractivity contribution in [3.63, 3.8) is 0 Å². The first-order valence-electron chi connectivity index (χ1n) is 6.86. The third kappa shape index (κ3) is 3.14.